The highest BCUT2D eigenvalue weighted by Crippen LogP contribution is 2.32. The molecule has 6 heteroatoms. The summed E-state index contributed by atoms with van der Waals surface area (Å²) in [6.07, 6.45) is 6.91. The maximum absolute atomic E-state index is 14.0. The number of halogens is 1. The minimum Gasteiger partial charge on any atom is -0.338 e. The summed E-state index contributed by atoms with van der Waals surface area (Å²) in [6.45, 7) is 3.64. The fourth-order valence-corrected chi connectivity index (χ4v) is 4.63. The van der Waals surface area contributed by atoms with Crippen molar-refractivity contribution in [3.05, 3.63) is 65.2 Å². The van der Waals surface area contributed by atoms with Crippen LogP contribution in [0.3, 0.4) is 0 Å². The lowest BCUT2D eigenvalue weighted by Gasteiger charge is -2.41. The quantitative estimate of drug-likeness (QED) is 0.854. The van der Waals surface area contributed by atoms with Gasteiger partial charge in [-0.25, -0.2) is 4.39 Å². The van der Waals surface area contributed by atoms with Gasteiger partial charge >= 0.3 is 0 Å². The van der Waals surface area contributed by atoms with Gasteiger partial charge in [-0.05, 0) is 55.0 Å². The number of hydrogen-bond acceptors (Lipinski definition) is 4. The summed E-state index contributed by atoms with van der Waals surface area (Å²) in [4.78, 5) is 19.3. The monoisotopic (exact) mass is 382 g/mol. The smallest absolute Gasteiger partial charge is 0.227 e. The largest absolute Gasteiger partial charge is 0.338 e. The Balaban J connectivity index is 1.55. The summed E-state index contributed by atoms with van der Waals surface area (Å²) in [6, 6.07) is 8.86. The number of benzene rings is 1. The Morgan fingerprint density at radius 1 is 1.29 bits per heavy atom. The Labute approximate surface area is 165 Å². The van der Waals surface area contributed by atoms with Crippen molar-refractivity contribution in [2.75, 3.05) is 13.1 Å². The molecule has 2 saturated heterocycles. The number of carbonyl (C=O) groups excluding carboxylic acids is 1. The first-order chi connectivity index (χ1) is 13.6. The third-order valence-corrected chi connectivity index (χ3v) is 6.07. The van der Waals surface area contributed by atoms with E-state index in [4.69, 9.17) is 0 Å². The number of piperidine rings is 1. The molecule has 3 atom stereocenters. The van der Waals surface area contributed by atoms with E-state index in [9.17, 15) is 9.18 Å². The second kappa shape index (κ2) is 8.37. The van der Waals surface area contributed by atoms with Gasteiger partial charge in [0.2, 0.25) is 5.91 Å². The van der Waals surface area contributed by atoms with E-state index < -0.39 is 0 Å². The molecule has 5 nitrogen and oxygen atoms in total. The van der Waals surface area contributed by atoms with Gasteiger partial charge in [-0.3, -0.25) is 20.6 Å². The van der Waals surface area contributed by atoms with Crippen LogP contribution in [0.5, 0.6) is 0 Å². The number of rotatable bonds is 4. The first-order valence-electron chi connectivity index (χ1n) is 10.1. The number of carbonyl (C=O) groups is 1. The van der Waals surface area contributed by atoms with Crippen LogP contribution in [0.25, 0.3) is 0 Å². The molecule has 2 aliphatic heterocycles. The van der Waals surface area contributed by atoms with Crippen molar-refractivity contribution in [1.82, 2.24) is 20.7 Å². The Hall–Kier alpha value is -2.31. The fourth-order valence-electron chi connectivity index (χ4n) is 4.63. The predicted octanol–water partition coefficient (Wildman–Crippen LogP) is 2.71. The lowest BCUT2D eigenvalue weighted by molar-refractivity contribution is -0.135. The van der Waals surface area contributed by atoms with Crippen LogP contribution >= 0.6 is 0 Å². The number of pyridine rings is 1. The van der Waals surface area contributed by atoms with Crippen molar-refractivity contribution in [3.8, 4) is 0 Å². The highest BCUT2D eigenvalue weighted by Gasteiger charge is 2.40. The highest BCUT2D eigenvalue weighted by molar-refractivity contribution is 5.79. The van der Waals surface area contributed by atoms with Crippen LogP contribution in [0.2, 0.25) is 0 Å². The first-order valence-corrected chi connectivity index (χ1v) is 10.1. The van der Waals surface area contributed by atoms with Crippen LogP contribution in [-0.4, -0.2) is 41.0 Å². The van der Waals surface area contributed by atoms with E-state index in [-0.39, 0.29) is 36.1 Å². The van der Waals surface area contributed by atoms with Crippen molar-refractivity contribution in [1.29, 1.82) is 0 Å². The number of nitrogens with zero attached hydrogens (tertiary/aromatic N) is 2. The highest BCUT2D eigenvalue weighted by atomic mass is 19.1. The number of likely N-dealkylation sites (tertiary alicyclic amines) is 1. The molecule has 3 unspecified atom stereocenters. The van der Waals surface area contributed by atoms with Gasteiger partial charge in [-0.1, -0.05) is 18.2 Å². The number of aryl methyl sites for hydroxylation is 1. The summed E-state index contributed by atoms with van der Waals surface area (Å²) >= 11 is 0. The van der Waals surface area contributed by atoms with Gasteiger partial charge < -0.3 is 4.90 Å². The van der Waals surface area contributed by atoms with Crippen LogP contribution in [0.4, 0.5) is 4.39 Å². The fraction of sp³-hybridized carbons (Fsp3) is 0.455. The van der Waals surface area contributed by atoms with Gasteiger partial charge in [0, 0.05) is 43.5 Å². The van der Waals surface area contributed by atoms with Crippen LogP contribution in [0.15, 0.2) is 42.7 Å². The topological polar surface area (TPSA) is 57.3 Å². The van der Waals surface area contributed by atoms with E-state index >= 15 is 0 Å². The van der Waals surface area contributed by atoms with Crippen molar-refractivity contribution in [3.63, 3.8) is 0 Å². The van der Waals surface area contributed by atoms with Crippen molar-refractivity contribution in [2.24, 2.45) is 0 Å². The van der Waals surface area contributed by atoms with Gasteiger partial charge in [0.1, 0.15) is 5.82 Å². The molecule has 4 rings (SSSR count). The van der Waals surface area contributed by atoms with Gasteiger partial charge in [0.25, 0.3) is 0 Å². The van der Waals surface area contributed by atoms with E-state index in [0.717, 1.165) is 32.4 Å². The molecule has 0 spiro atoms. The van der Waals surface area contributed by atoms with Gasteiger partial charge in [-0.2, -0.15) is 0 Å². The minimum atomic E-state index is -0.310. The lowest BCUT2D eigenvalue weighted by Crippen LogP contribution is -2.55. The molecule has 3 heterocycles. The van der Waals surface area contributed by atoms with Gasteiger partial charge in [0.15, 0.2) is 0 Å². The molecule has 28 heavy (non-hydrogen) atoms. The number of amides is 1. The maximum Gasteiger partial charge on any atom is 0.227 e. The lowest BCUT2D eigenvalue weighted by atomic mass is 9.83. The Kier molecular flexibility index (Phi) is 5.69. The standard InChI is InChI=1S/C22H27FN4O/c1-15-13-24-10-9-17(15)18-14-25-26-22(18)20-8-4-5-11-27(20)21(28)12-16-6-2-3-7-19(16)23/h2-3,6-7,9-10,13,18,20,22,25-26H,4-5,8,11-12,14H2,1H3. The Bertz CT molecular complexity index is 843. The zero-order valence-electron chi connectivity index (χ0n) is 16.2. The van der Waals surface area contributed by atoms with E-state index in [1.54, 1.807) is 18.2 Å². The molecule has 1 aromatic carbocycles. The minimum absolute atomic E-state index is 0.00806. The second-order valence-corrected chi connectivity index (χ2v) is 7.81. The molecule has 2 aromatic rings. The SMILES string of the molecule is Cc1cnccc1C1CNNC1C1CCCCN1C(=O)Cc1ccccc1F. The summed E-state index contributed by atoms with van der Waals surface area (Å²) in [5, 5.41) is 0. The maximum atomic E-state index is 14.0. The molecule has 1 aromatic heterocycles. The van der Waals surface area contributed by atoms with Crippen LogP contribution in [0, 0.1) is 12.7 Å². The Morgan fingerprint density at radius 3 is 2.96 bits per heavy atom. The molecular formula is C22H27FN4O. The number of nitrogens with one attached hydrogen (secondary N) is 2. The second-order valence-electron chi connectivity index (χ2n) is 7.81. The first kappa shape index (κ1) is 19.0. The number of aromatic nitrogens is 1. The molecule has 2 N–H and O–H groups in total. The Morgan fingerprint density at radius 2 is 2.14 bits per heavy atom. The van der Waals surface area contributed by atoms with E-state index in [1.165, 1.54) is 17.2 Å². The van der Waals surface area contributed by atoms with E-state index in [0.29, 0.717) is 5.56 Å². The van der Waals surface area contributed by atoms with E-state index in [2.05, 4.69) is 28.8 Å². The predicted molar refractivity (Wildman–Crippen MR) is 106 cm³/mol. The van der Waals surface area contributed by atoms with Crippen molar-refractivity contribution < 1.29 is 9.18 Å². The third kappa shape index (κ3) is 3.80. The molecule has 0 bridgehead atoms. The van der Waals surface area contributed by atoms with E-state index in [1.807, 2.05) is 17.3 Å². The normalized spacial score (nSPS) is 25.1. The van der Waals surface area contributed by atoms with Gasteiger partial charge in [-0.15, -0.1) is 0 Å². The molecular weight excluding hydrogens is 355 g/mol. The molecule has 0 radical (unpaired) electrons. The zero-order chi connectivity index (χ0) is 19.5. The van der Waals surface area contributed by atoms with Crippen molar-refractivity contribution in [2.45, 2.75) is 50.6 Å². The van der Waals surface area contributed by atoms with Crippen LogP contribution in [0.1, 0.15) is 41.9 Å². The number of hydrazine groups is 1. The molecule has 148 valence electrons. The average Bonchev–Trinajstić information content (AvgIpc) is 3.19. The average molecular weight is 382 g/mol. The molecule has 2 fully saturated rings. The molecule has 0 saturated carbocycles. The molecule has 2 aliphatic rings. The summed E-state index contributed by atoms with van der Waals surface area (Å²) < 4.78 is 14.0. The van der Waals surface area contributed by atoms with Crippen LogP contribution in [-0.2, 0) is 11.2 Å². The van der Waals surface area contributed by atoms with Gasteiger partial charge in [0.05, 0.1) is 6.42 Å². The van der Waals surface area contributed by atoms with Crippen LogP contribution < -0.4 is 10.9 Å². The summed E-state index contributed by atoms with van der Waals surface area (Å²) in [5.41, 5.74) is 9.63. The molecule has 0 aliphatic carbocycles. The summed E-state index contributed by atoms with van der Waals surface area (Å²) in [5.74, 6) is -0.0288. The summed E-state index contributed by atoms with van der Waals surface area (Å²) in [7, 11) is 0. The zero-order valence-corrected chi connectivity index (χ0v) is 16.2. The van der Waals surface area contributed by atoms with Crippen molar-refractivity contribution >= 4 is 5.91 Å². The number of hydrogen-bond donors (Lipinski definition) is 2. The molecule has 1 amide bonds. The third-order valence-electron chi connectivity index (χ3n) is 6.07.